The number of hydrogen-bond acceptors (Lipinski definition) is 4. The number of amides is 4. The number of ether oxygens (including phenoxy) is 1. The van der Waals surface area contributed by atoms with E-state index >= 15 is 4.39 Å². The van der Waals surface area contributed by atoms with Crippen LogP contribution in [0, 0.1) is 5.82 Å². The zero-order chi connectivity index (χ0) is 31.3. The molecule has 44 heavy (non-hydrogen) atoms. The highest BCUT2D eigenvalue weighted by atomic mass is 35.5. The zero-order valence-corrected chi connectivity index (χ0v) is 26.3. The number of piperidine rings is 2. The van der Waals surface area contributed by atoms with Crippen LogP contribution in [-0.2, 0) is 15.0 Å². The maximum atomic E-state index is 16.4. The molecular formula is C32H30Cl3FN4O4. The summed E-state index contributed by atoms with van der Waals surface area (Å²) < 4.78 is 22.8. The van der Waals surface area contributed by atoms with Crippen LogP contribution in [0.3, 0.4) is 0 Å². The predicted molar refractivity (Wildman–Crippen MR) is 167 cm³/mol. The van der Waals surface area contributed by atoms with Gasteiger partial charge in [0, 0.05) is 68.1 Å². The van der Waals surface area contributed by atoms with E-state index in [1.54, 1.807) is 61.5 Å². The van der Waals surface area contributed by atoms with Gasteiger partial charge in [0.15, 0.2) is 5.82 Å². The molecule has 0 aliphatic carbocycles. The van der Waals surface area contributed by atoms with Crippen molar-refractivity contribution in [3.05, 3.63) is 92.2 Å². The molecule has 0 saturated carbocycles. The first-order chi connectivity index (χ1) is 21.0. The largest absolute Gasteiger partial charge is 0.490 e. The van der Waals surface area contributed by atoms with Crippen LogP contribution in [0.5, 0.6) is 5.75 Å². The lowest BCUT2D eigenvalue weighted by Crippen LogP contribution is -2.57. The average Bonchev–Trinajstić information content (AvgIpc) is 3.27. The van der Waals surface area contributed by atoms with Crippen molar-refractivity contribution >= 4 is 58.3 Å². The van der Waals surface area contributed by atoms with E-state index in [1.807, 2.05) is 6.07 Å². The average molecular weight is 660 g/mol. The van der Waals surface area contributed by atoms with Gasteiger partial charge < -0.3 is 25.2 Å². The maximum absolute atomic E-state index is 16.4. The molecule has 2 N–H and O–H groups in total. The minimum atomic E-state index is -1.51. The molecular weight excluding hydrogens is 630 g/mol. The van der Waals surface area contributed by atoms with E-state index in [4.69, 9.17) is 39.5 Å². The second-order valence-electron chi connectivity index (χ2n) is 11.6. The summed E-state index contributed by atoms with van der Waals surface area (Å²) in [5.74, 6) is -2.16. The number of carbonyl (C=O) groups is 3. The Hall–Kier alpha value is -3.53. The van der Waals surface area contributed by atoms with E-state index < -0.39 is 29.1 Å². The fourth-order valence-electron chi connectivity index (χ4n) is 6.79. The van der Waals surface area contributed by atoms with Gasteiger partial charge in [-0.2, -0.15) is 0 Å². The summed E-state index contributed by atoms with van der Waals surface area (Å²) in [7, 11) is 3.40. The zero-order valence-electron chi connectivity index (χ0n) is 24.0. The lowest BCUT2D eigenvalue weighted by Gasteiger charge is -2.47. The van der Waals surface area contributed by atoms with Crippen molar-refractivity contribution in [3.8, 4) is 5.75 Å². The molecule has 0 radical (unpaired) electrons. The third-order valence-electron chi connectivity index (χ3n) is 8.77. The van der Waals surface area contributed by atoms with Crippen molar-refractivity contribution in [1.82, 2.24) is 15.1 Å². The van der Waals surface area contributed by atoms with E-state index in [-0.39, 0.29) is 40.8 Å². The third-order valence-corrected chi connectivity index (χ3v) is 9.53. The molecule has 2 fully saturated rings. The molecule has 1 unspecified atom stereocenters. The van der Waals surface area contributed by atoms with Crippen LogP contribution < -0.4 is 15.4 Å². The second kappa shape index (κ2) is 11.8. The van der Waals surface area contributed by atoms with Gasteiger partial charge in [0.2, 0.25) is 11.8 Å². The van der Waals surface area contributed by atoms with Gasteiger partial charge in [0.25, 0.3) is 0 Å². The van der Waals surface area contributed by atoms with Gasteiger partial charge in [-0.3, -0.25) is 9.59 Å². The molecule has 2 saturated heterocycles. The van der Waals surface area contributed by atoms with E-state index in [0.717, 1.165) is 0 Å². The van der Waals surface area contributed by atoms with E-state index in [9.17, 15) is 14.4 Å². The highest BCUT2D eigenvalue weighted by Crippen LogP contribution is 2.59. The van der Waals surface area contributed by atoms with Crippen LogP contribution >= 0.6 is 34.8 Å². The first-order valence-corrected chi connectivity index (χ1v) is 15.4. The van der Waals surface area contributed by atoms with Crippen LogP contribution in [0.1, 0.15) is 47.9 Å². The summed E-state index contributed by atoms with van der Waals surface area (Å²) in [4.78, 5) is 43.5. The van der Waals surface area contributed by atoms with E-state index in [1.165, 1.54) is 11.0 Å². The molecule has 0 aromatic heterocycles. The number of nitrogens with zero attached hydrogens (tertiary/aromatic N) is 2. The highest BCUT2D eigenvalue weighted by molar-refractivity contribution is 6.31. The monoisotopic (exact) mass is 658 g/mol. The molecule has 3 aromatic rings. The van der Waals surface area contributed by atoms with Gasteiger partial charge in [-0.1, -0.05) is 53.0 Å². The molecule has 3 heterocycles. The number of nitrogens with one attached hydrogen (secondary N) is 2. The molecule has 6 rings (SSSR count). The number of hydrogen-bond donors (Lipinski definition) is 2. The Kier molecular flexibility index (Phi) is 8.15. The number of rotatable bonds is 4. The van der Waals surface area contributed by atoms with Crippen LogP contribution in [0.15, 0.2) is 54.6 Å². The summed E-state index contributed by atoms with van der Waals surface area (Å²) >= 11 is 19.1. The van der Waals surface area contributed by atoms with Crippen LogP contribution in [0.2, 0.25) is 15.1 Å². The Labute approximate surface area is 269 Å². The Bertz CT molecular complexity index is 1660. The highest BCUT2D eigenvalue weighted by Gasteiger charge is 2.62. The molecule has 1 spiro atoms. The lowest BCUT2D eigenvalue weighted by atomic mass is 9.59. The molecule has 8 nitrogen and oxygen atoms in total. The maximum Gasteiger partial charge on any atom is 0.319 e. The number of likely N-dealkylation sites (tertiary alicyclic amines) is 1. The number of benzene rings is 3. The second-order valence-corrected chi connectivity index (χ2v) is 12.9. The van der Waals surface area contributed by atoms with Gasteiger partial charge in [-0.25, -0.2) is 9.18 Å². The van der Waals surface area contributed by atoms with Crippen LogP contribution in [-0.4, -0.2) is 60.9 Å². The quantitative estimate of drug-likeness (QED) is 0.333. The van der Waals surface area contributed by atoms with Crippen molar-refractivity contribution in [2.45, 2.75) is 42.7 Å². The molecule has 230 valence electrons. The number of carbonyl (C=O) groups excluding carboxylic acids is 3. The minimum Gasteiger partial charge on any atom is -0.490 e. The molecule has 3 atom stereocenters. The molecule has 0 bridgehead atoms. The van der Waals surface area contributed by atoms with Crippen LogP contribution in [0.25, 0.3) is 0 Å². The normalized spacial score (nSPS) is 23.3. The van der Waals surface area contributed by atoms with Crippen molar-refractivity contribution in [2.24, 2.45) is 0 Å². The Balaban J connectivity index is 1.48. The van der Waals surface area contributed by atoms with Crippen molar-refractivity contribution in [2.75, 3.05) is 32.5 Å². The summed E-state index contributed by atoms with van der Waals surface area (Å²) in [5, 5.41) is 6.55. The van der Waals surface area contributed by atoms with Gasteiger partial charge in [0.1, 0.15) is 17.3 Å². The van der Waals surface area contributed by atoms with E-state index in [2.05, 4.69) is 10.6 Å². The summed E-state index contributed by atoms with van der Waals surface area (Å²) in [5.41, 5.74) is 0.144. The van der Waals surface area contributed by atoms with Gasteiger partial charge >= 0.3 is 6.03 Å². The number of anilines is 1. The summed E-state index contributed by atoms with van der Waals surface area (Å²) in [6.45, 7) is 0.926. The summed E-state index contributed by atoms with van der Waals surface area (Å²) in [6, 6.07) is 13.7. The molecule has 3 aliphatic heterocycles. The Morgan fingerprint density at radius 1 is 1.02 bits per heavy atom. The van der Waals surface area contributed by atoms with Crippen LogP contribution in [0.4, 0.5) is 14.9 Å². The Morgan fingerprint density at radius 2 is 1.75 bits per heavy atom. The molecule has 3 aliphatic rings. The molecule has 3 aromatic carbocycles. The smallest absolute Gasteiger partial charge is 0.319 e. The Morgan fingerprint density at radius 3 is 2.45 bits per heavy atom. The lowest BCUT2D eigenvalue weighted by molar-refractivity contribution is -0.131. The fourth-order valence-corrected chi connectivity index (χ4v) is 7.33. The molecule has 12 heteroatoms. The fraction of sp³-hybridized carbons (Fsp3) is 0.344. The van der Waals surface area contributed by atoms with Gasteiger partial charge in [-0.05, 0) is 47.5 Å². The standard InChI is InChI=1S/C32H30Cl3FN4O4/c1-39(2)31(43)40-12-10-20(11-13-40)44-25-9-8-23(35)28(36)27(25)29-32(21-7-6-19(34)15-24(21)37-30(32)42)22(16-26(41)38-29)17-4-3-5-18(33)14-17/h3-9,14-15,20,22,29H,10-13,16H2,1-2H3,(H,37,42)(H,38,41)/t22-,29+,32?/m0/s1. The SMILES string of the molecule is CN(C)C(=O)N1CCC(Oc2ccc(Cl)c(F)c2[C@H]2NC(=O)C[C@@H](c3cccc(Cl)c3)C23C(=O)Nc2cc(Cl)ccc23)CC1. The number of fused-ring (bicyclic) bond motifs is 2. The summed E-state index contributed by atoms with van der Waals surface area (Å²) in [6.07, 6.45) is 0.628. The van der Waals surface area contributed by atoms with Crippen molar-refractivity contribution < 1.29 is 23.5 Å². The number of halogens is 4. The first kappa shape index (κ1) is 30.5. The molecule has 4 amide bonds. The van der Waals surface area contributed by atoms with Gasteiger partial charge in [-0.15, -0.1) is 0 Å². The minimum absolute atomic E-state index is 0.0256. The third kappa shape index (κ3) is 5.14. The number of urea groups is 1. The first-order valence-electron chi connectivity index (χ1n) is 14.3. The van der Waals surface area contributed by atoms with Crippen molar-refractivity contribution in [3.63, 3.8) is 0 Å². The predicted octanol–water partition coefficient (Wildman–Crippen LogP) is 6.55. The van der Waals surface area contributed by atoms with Gasteiger partial charge in [0.05, 0.1) is 16.6 Å². The topological polar surface area (TPSA) is 91.0 Å². The van der Waals surface area contributed by atoms with Crippen molar-refractivity contribution in [1.29, 1.82) is 0 Å². The van der Waals surface area contributed by atoms with E-state index in [0.29, 0.717) is 52.8 Å².